The standard InChI is InChI=1S/C60H111O11P/c1-4-7-10-13-16-19-21-23-25-27-28-30-32-34-36-39-42-45-48-51-60(64)71-57(53-67-58(62)49-46-43-40-37-18-15-12-9-6-3)55-69-72(65,66)68-54-56(52-61)70-59(63)50-47-44-41-38-35-33-31-29-26-24-22-20-17-14-11-8-5-2/h17,20,23-26,56-57,61H,4-16,18-19,21-22,27-55H2,1-3H3,(H,65,66)/b20-17-,25-23-,26-24-. The maximum absolute atomic E-state index is 12.9. The summed E-state index contributed by atoms with van der Waals surface area (Å²) in [6.07, 6.45) is 56.8. The van der Waals surface area contributed by atoms with Crippen LogP contribution in [0.1, 0.15) is 290 Å². The number of unbranched alkanes of at least 4 members (excludes halogenated alkanes) is 33. The second-order valence-corrected chi connectivity index (χ2v) is 21.6. The van der Waals surface area contributed by atoms with Gasteiger partial charge in [0.2, 0.25) is 0 Å². The molecule has 0 saturated heterocycles. The Labute approximate surface area is 441 Å². The molecule has 422 valence electrons. The molecule has 0 aromatic rings. The molecular weight excluding hydrogens is 928 g/mol. The summed E-state index contributed by atoms with van der Waals surface area (Å²) >= 11 is 0. The summed E-state index contributed by atoms with van der Waals surface area (Å²) in [5, 5.41) is 9.82. The van der Waals surface area contributed by atoms with E-state index in [9.17, 15) is 28.9 Å². The number of allylic oxidation sites excluding steroid dienone is 6. The average Bonchev–Trinajstić information content (AvgIpc) is 3.37. The number of phosphoric ester groups is 1. The van der Waals surface area contributed by atoms with Crippen LogP contribution in [0.3, 0.4) is 0 Å². The van der Waals surface area contributed by atoms with Crippen molar-refractivity contribution in [1.82, 2.24) is 0 Å². The predicted octanol–water partition coefficient (Wildman–Crippen LogP) is 17.6. The van der Waals surface area contributed by atoms with Crippen LogP contribution in [0.5, 0.6) is 0 Å². The summed E-state index contributed by atoms with van der Waals surface area (Å²) in [6, 6.07) is 0. The number of carbonyl (C=O) groups excluding carboxylic acids is 3. The highest BCUT2D eigenvalue weighted by Crippen LogP contribution is 2.43. The molecular formula is C60H111O11P. The van der Waals surface area contributed by atoms with Crippen LogP contribution >= 0.6 is 7.82 Å². The third-order valence-corrected chi connectivity index (χ3v) is 14.0. The minimum atomic E-state index is -4.74. The first kappa shape index (κ1) is 69.7. The third-order valence-electron chi connectivity index (χ3n) is 13.0. The van der Waals surface area contributed by atoms with Crippen molar-refractivity contribution in [2.45, 2.75) is 303 Å². The molecule has 0 radical (unpaired) electrons. The molecule has 3 atom stereocenters. The van der Waals surface area contributed by atoms with Crippen LogP contribution in [0.25, 0.3) is 0 Å². The molecule has 0 aromatic heterocycles. The SMILES string of the molecule is CCCCC/C=C\C/C=C\CCCCCCCCCC(=O)OC(CO)COP(=O)(O)OCC(COC(=O)CCCCCCCCCCC)OC(=O)CCCCCCCCCCC/C=C\CCCCCCCC. The number of aliphatic hydroxyl groups is 1. The van der Waals surface area contributed by atoms with Crippen molar-refractivity contribution < 1.29 is 52.2 Å². The van der Waals surface area contributed by atoms with Gasteiger partial charge in [-0.1, -0.05) is 231 Å². The van der Waals surface area contributed by atoms with Gasteiger partial charge in [-0.15, -0.1) is 0 Å². The molecule has 0 aliphatic heterocycles. The van der Waals surface area contributed by atoms with Gasteiger partial charge in [0.15, 0.2) is 6.10 Å². The van der Waals surface area contributed by atoms with Gasteiger partial charge in [-0.05, 0) is 77.0 Å². The molecule has 0 heterocycles. The van der Waals surface area contributed by atoms with Gasteiger partial charge in [-0.3, -0.25) is 23.4 Å². The van der Waals surface area contributed by atoms with Crippen molar-refractivity contribution in [2.24, 2.45) is 0 Å². The van der Waals surface area contributed by atoms with Gasteiger partial charge >= 0.3 is 25.7 Å². The molecule has 72 heavy (non-hydrogen) atoms. The average molecular weight is 1040 g/mol. The highest BCUT2D eigenvalue weighted by molar-refractivity contribution is 7.47. The van der Waals surface area contributed by atoms with Crippen LogP contribution in [0.4, 0.5) is 0 Å². The monoisotopic (exact) mass is 1040 g/mol. The minimum absolute atomic E-state index is 0.169. The molecule has 0 amide bonds. The number of hydrogen-bond donors (Lipinski definition) is 2. The molecule has 0 aliphatic rings. The van der Waals surface area contributed by atoms with E-state index in [2.05, 4.69) is 57.2 Å². The Hall–Kier alpha value is -2.30. The fourth-order valence-electron chi connectivity index (χ4n) is 8.44. The van der Waals surface area contributed by atoms with Crippen molar-refractivity contribution in [3.63, 3.8) is 0 Å². The topological polar surface area (TPSA) is 155 Å². The van der Waals surface area contributed by atoms with E-state index in [1.54, 1.807) is 0 Å². The lowest BCUT2D eigenvalue weighted by Gasteiger charge is -2.21. The second kappa shape index (κ2) is 54.9. The molecule has 2 N–H and O–H groups in total. The Morgan fingerprint density at radius 3 is 1.07 bits per heavy atom. The van der Waals surface area contributed by atoms with E-state index in [0.717, 1.165) is 77.0 Å². The van der Waals surface area contributed by atoms with E-state index in [1.807, 2.05) is 0 Å². The molecule has 0 aromatic carbocycles. The molecule has 0 aliphatic carbocycles. The molecule has 0 bridgehead atoms. The molecule has 0 rings (SSSR count). The van der Waals surface area contributed by atoms with Gasteiger partial charge in [-0.2, -0.15) is 0 Å². The van der Waals surface area contributed by atoms with Gasteiger partial charge in [-0.25, -0.2) is 4.57 Å². The van der Waals surface area contributed by atoms with Gasteiger partial charge in [0, 0.05) is 19.3 Å². The molecule has 11 nitrogen and oxygen atoms in total. The predicted molar refractivity (Wildman–Crippen MR) is 298 cm³/mol. The Morgan fingerprint density at radius 1 is 0.389 bits per heavy atom. The van der Waals surface area contributed by atoms with Crippen LogP contribution in [0, 0.1) is 0 Å². The maximum atomic E-state index is 12.9. The van der Waals surface area contributed by atoms with Crippen LogP contribution in [0.15, 0.2) is 36.5 Å². The first-order valence-corrected chi connectivity index (χ1v) is 31.4. The van der Waals surface area contributed by atoms with E-state index in [4.69, 9.17) is 23.3 Å². The van der Waals surface area contributed by atoms with Crippen LogP contribution in [-0.4, -0.2) is 66.5 Å². The van der Waals surface area contributed by atoms with Crippen LogP contribution in [-0.2, 0) is 42.2 Å². The molecule has 12 heteroatoms. The second-order valence-electron chi connectivity index (χ2n) is 20.2. The van der Waals surface area contributed by atoms with Crippen LogP contribution in [0.2, 0.25) is 0 Å². The lowest BCUT2D eigenvalue weighted by atomic mass is 10.1. The Bertz CT molecular complexity index is 1350. The highest BCUT2D eigenvalue weighted by Gasteiger charge is 2.28. The lowest BCUT2D eigenvalue weighted by molar-refractivity contribution is -0.161. The van der Waals surface area contributed by atoms with E-state index in [-0.39, 0.29) is 25.9 Å². The van der Waals surface area contributed by atoms with Gasteiger partial charge in [0.25, 0.3) is 0 Å². The Balaban J connectivity index is 4.59. The first-order valence-electron chi connectivity index (χ1n) is 29.9. The number of phosphoric acid groups is 1. The summed E-state index contributed by atoms with van der Waals surface area (Å²) in [7, 11) is -4.74. The number of hydrogen-bond acceptors (Lipinski definition) is 10. The van der Waals surface area contributed by atoms with Crippen molar-refractivity contribution in [2.75, 3.05) is 26.4 Å². The summed E-state index contributed by atoms with van der Waals surface area (Å²) in [5.74, 6) is -1.46. The van der Waals surface area contributed by atoms with E-state index >= 15 is 0 Å². The zero-order valence-corrected chi connectivity index (χ0v) is 47.6. The molecule has 0 fully saturated rings. The third kappa shape index (κ3) is 52.6. The summed E-state index contributed by atoms with van der Waals surface area (Å²) in [4.78, 5) is 48.5. The van der Waals surface area contributed by atoms with E-state index in [0.29, 0.717) is 19.3 Å². The van der Waals surface area contributed by atoms with E-state index < -0.39 is 57.8 Å². The largest absolute Gasteiger partial charge is 0.472 e. The van der Waals surface area contributed by atoms with Gasteiger partial charge < -0.3 is 24.2 Å². The highest BCUT2D eigenvalue weighted by atomic mass is 31.2. The molecule has 0 saturated carbocycles. The fraction of sp³-hybridized carbons (Fsp3) is 0.850. The maximum Gasteiger partial charge on any atom is 0.472 e. The minimum Gasteiger partial charge on any atom is -0.462 e. The Morgan fingerprint density at radius 2 is 0.681 bits per heavy atom. The van der Waals surface area contributed by atoms with Crippen molar-refractivity contribution in [3.8, 4) is 0 Å². The van der Waals surface area contributed by atoms with Gasteiger partial charge in [0.05, 0.1) is 19.8 Å². The molecule has 3 unspecified atom stereocenters. The number of ether oxygens (including phenoxy) is 3. The smallest absolute Gasteiger partial charge is 0.462 e. The summed E-state index contributed by atoms with van der Waals surface area (Å²) in [6.45, 7) is 4.62. The number of aliphatic hydroxyl groups excluding tert-OH is 1. The zero-order chi connectivity index (χ0) is 52.7. The summed E-state index contributed by atoms with van der Waals surface area (Å²) in [5.41, 5.74) is 0. The normalized spacial score (nSPS) is 13.6. The van der Waals surface area contributed by atoms with Crippen LogP contribution < -0.4 is 0 Å². The quantitative estimate of drug-likeness (QED) is 0.0197. The van der Waals surface area contributed by atoms with Crippen molar-refractivity contribution >= 4 is 25.7 Å². The number of carbonyl (C=O) groups is 3. The fourth-order valence-corrected chi connectivity index (χ4v) is 9.23. The Kier molecular flexibility index (Phi) is 53.2. The number of esters is 3. The molecule has 0 spiro atoms. The van der Waals surface area contributed by atoms with Crippen molar-refractivity contribution in [1.29, 1.82) is 0 Å². The zero-order valence-electron chi connectivity index (χ0n) is 46.7. The lowest BCUT2D eigenvalue weighted by Crippen LogP contribution is -2.30. The first-order chi connectivity index (χ1) is 35.2. The van der Waals surface area contributed by atoms with Gasteiger partial charge in [0.1, 0.15) is 12.7 Å². The number of rotatable bonds is 56. The van der Waals surface area contributed by atoms with Crippen molar-refractivity contribution in [3.05, 3.63) is 36.5 Å². The summed E-state index contributed by atoms with van der Waals surface area (Å²) < 4.78 is 39.5. The van der Waals surface area contributed by atoms with E-state index in [1.165, 1.54) is 154 Å².